The molecule has 1 atom stereocenters. The van der Waals surface area contributed by atoms with Gasteiger partial charge in [-0.05, 0) is 0 Å². The van der Waals surface area contributed by atoms with Crippen LogP contribution in [0.2, 0.25) is 9.73 Å². The number of hydrazone groups is 1. The van der Waals surface area contributed by atoms with Crippen molar-refractivity contribution in [2.24, 2.45) is 5.10 Å². The molecule has 22 heavy (non-hydrogen) atoms. The Morgan fingerprint density at radius 1 is 1.45 bits per heavy atom. The van der Waals surface area contributed by atoms with Crippen molar-refractivity contribution >= 4 is 49.1 Å². The normalized spacial score (nSPS) is 24.3. The minimum absolute atomic E-state index is 0.00406. The van der Waals surface area contributed by atoms with Gasteiger partial charge in [0.2, 0.25) is 0 Å². The summed E-state index contributed by atoms with van der Waals surface area (Å²) in [5.74, 6) is 1.35. The van der Waals surface area contributed by atoms with Crippen molar-refractivity contribution in [1.82, 2.24) is 10.7 Å². The number of anilines is 1. The number of carbonyl (C=O) groups is 1. The number of hydrogen-bond donors (Lipinski definition) is 2. The topological polar surface area (TPSA) is 66.0 Å². The van der Waals surface area contributed by atoms with Gasteiger partial charge in [-0.1, -0.05) is 0 Å². The molecule has 1 aromatic carbocycles. The third-order valence-electron chi connectivity index (χ3n) is 4.07. The summed E-state index contributed by atoms with van der Waals surface area (Å²) >= 11 is 6.43. The van der Waals surface area contributed by atoms with E-state index in [-0.39, 0.29) is 27.7 Å². The maximum absolute atomic E-state index is 11.9. The number of hydrogen-bond acceptors (Lipinski definition) is 5. The van der Waals surface area contributed by atoms with Crippen molar-refractivity contribution in [1.29, 1.82) is 0 Å². The molecule has 1 radical (unpaired) electrons. The molecule has 1 amide bonds. The molecule has 3 heterocycles. The molecular weight excluding hydrogens is 367 g/mol. The molecule has 3 aliphatic heterocycles. The molecule has 1 aromatic rings. The van der Waals surface area contributed by atoms with Crippen LogP contribution >= 0.6 is 11.6 Å². The average molecular weight is 382 g/mol. The van der Waals surface area contributed by atoms with Crippen LogP contribution in [0.1, 0.15) is 6.92 Å². The third kappa shape index (κ3) is 2.30. The van der Waals surface area contributed by atoms with Gasteiger partial charge in [-0.2, -0.15) is 0 Å². The Kier molecular flexibility index (Phi) is 3.55. The van der Waals surface area contributed by atoms with E-state index in [2.05, 4.69) is 21.9 Å². The molecule has 0 aliphatic carbocycles. The molecule has 0 saturated carbocycles. The van der Waals surface area contributed by atoms with E-state index in [1.807, 2.05) is 17.9 Å². The Bertz CT molecular complexity index is 677. The first-order valence-electron chi connectivity index (χ1n) is 7.17. The van der Waals surface area contributed by atoms with Crippen LogP contribution in [0.15, 0.2) is 17.2 Å². The number of rotatable bonds is 2. The van der Waals surface area contributed by atoms with Crippen LogP contribution in [0.4, 0.5) is 5.69 Å². The quantitative estimate of drug-likeness (QED) is 0.713. The molecule has 0 aromatic heterocycles. The number of amidine groups is 1. The number of carbonyl (C=O) groups excluding carboxylic acids is 1. The van der Waals surface area contributed by atoms with Gasteiger partial charge in [0.25, 0.3) is 0 Å². The molecule has 4 rings (SSSR count). The zero-order valence-electron chi connectivity index (χ0n) is 12.0. The van der Waals surface area contributed by atoms with Crippen molar-refractivity contribution in [2.75, 3.05) is 24.6 Å². The standard InChI is InChI=1S/C14H15AsClN4O2/c1-7-14(21)19-18-13-6-22-12-3-10(16)9(2-11(12)20(7)13)15-8-4-17-5-8/h2-3,7-8,17H,4-6H2,1H3,(H,19,21). The first-order chi connectivity index (χ1) is 10.6. The molecule has 1 saturated heterocycles. The van der Waals surface area contributed by atoms with Crippen molar-refractivity contribution in [2.45, 2.75) is 17.7 Å². The van der Waals surface area contributed by atoms with Crippen LogP contribution in [0, 0.1) is 0 Å². The maximum atomic E-state index is 11.9. The predicted molar refractivity (Wildman–Crippen MR) is 86.5 cm³/mol. The first-order valence-corrected chi connectivity index (χ1v) is 9.57. The average Bonchev–Trinajstić information content (AvgIpc) is 2.46. The second-order valence-corrected chi connectivity index (χ2v) is 9.04. The van der Waals surface area contributed by atoms with Gasteiger partial charge >= 0.3 is 140 Å². The van der Waals surface area contributed by atoms with Crippen LogP contribution in [0.3, 0.4) is 0 Å². The van der Waals surface area contributed by atoms with Gasteiger partial charge in [0.1, 0.15) is 0 Å². The third-order valence-corrected chi connectivity index (χ3v) is 7.56. The number of halogens is 1. The summed E-state index contributed by atoms with van der Waals surface area (Å²) < 4.78 is 7.65. The van der Waals surface area contributed by atoms with Crippen molar-refractivity contribution in [3.63, 3.8) is 0 Å². The fourth-order valence-electron chi connectivity index (χ4n) is 2.70. The van der Waals surface area contributed by atoms with Crippen molar-refractivity contribution < 1.29 is 9.53 Å². The van der Waals surface area contributed by atoms with Crippen molar-refractivity contribution in [3.05, 3.63) is 17.2 Å². The van der Waals surface area contributed by atoms with E-state index in [9.17, 15) is 4.79 Å². The second-order valence-electron chi connectivity index (χ2n) is 5.55. The van der Waals surface area contributed by atoms with Crippen LogP contribution in [-0.4, -0.2) is 53.2 Å². The van der Waals surface area contributed by atoms with E-state index in [0.29, 0.717) is 11.3 Å². The van der Waals surface area contributed by atoms with E-state index < -0.39 is 0 Å². The number of ether oxygens (including phenoxy) is 1. The molecule has 3 aliphatic rings. The minimum atomic E-state index is -0.300. The van der Waals surface area contributed by atoms with Gasteiger partial charge in [0, 0.05) is 0 Å². The summed E-state index contributed by atoms with van der Waals surface area (Å²) in [6.07, 6.45) is 0. The molecule has 6 nitrogen and oxygen atoms in total. The van der Waals surface area contributed by atoms with Crippen molar-refractivity contribution in [3.8, 4) is 5.75 Å². The predicted octanol–water partition coefficient (Wildman–Crippen LogP) is 0.0918. The van der Waals surface area contributed by atoms with Gasteiger partial charge in [0.15, 0.2) is 0 Å². The summed E-state index contributed by atoms with van der Waals surface area (Å²) in [6.45, 7) is 4.35. The molecule has 115 valence electrons. The zero-order valence-corrected chi connectivity index (χ0v) is 14.6. The Morgan fingerprint density at radius 2 is 2.27 bits per heavy atom. The number of amides is 1. The van der Waals surface area contributed by atoms with Crippen LogP contribution in [0.25, 0.3) is 0 Å². The Labute approximate surface area is 139 Å². The van der Waals surface area contributed by atoms with Gasteiger partial charge in [-0.3, -0.25) is 0 Å². The van der Waals surface area contributed by atoms with Crippen LogP contribution in [0.5, 0.6) is 5.75 Å². The molecule has 8 heteroatoms. The molecule has 1 fully saturated rings. The fraction of sp³-hybridized carbons (Fsp3) is 0.429. The summed E-state index contributed by atoms with van der Waals surface area (Å²) in [5.41, 5.74) is 3.43. The van der Waals surface area contributed by atoms with Gasteiger partial charge in [0.05, 0.1) is 0 Å². The van der Waals surface area contributed by atoms with Gasteiger partial charge < -0.3 is 0 Å². The molecule has 1 unspecified atom stereocenters. The molecule has 0 spiro atoms. The Balaban J connectivity index is 1.74. The molecular formula is C14H15AsClN4O2. The number of fused-ring (bicyclic) bond motifs is 3. The van der Waals surface area contributed by atoms with E-state index >= 15 is 0 Å². The fourth-order valence-corrected chi connectivity index (χ4v) is 5.66. The second kappa shape index (κ2) is 5.44. The molecule has 0 bridgehead atoms. The Morgan fingerprint density at radius 3 is 3.00 bits per heavy atom. The van der Waals surface area contributed by atoms with E-state index in [1.54, 1.807) is 0 Å². The van der Waals surface area contributed by atoms with E-state index in [4.69, 9.17) is 16.3 Å². The van der Waals surface area contributed by atoms with Gasteiger partial charge in [-0.25, -0.2) is 0 Å². The van der Waals surface area contributed by atoms with E-state index in [1.165, 1.54) is 4.35 Å². The number of benzene rings is 1. The molecule has 2 N–H and O–H groups in total. The summed E-state index contributed by atoms with van der Waals surface area (Å²) in [4.78, 5) is 13.9. The Hall–Kier alpha value is -1.23. The van der Waals surface area contributed by atoms with E-state index in [0.717, 1.165) is 35.4 Å². The summed E-state index contributed by atoms with van der Waals surface area (Å²) in [5, 5.41) is 8.16. The van der Waals surface area contributed by atoms with Crippen LogP contribution < -0.4 is 24.7 Å². The van der Waals surface area contributed by atoms with Gasteiger partial charge in [-0.15, -0.1) is 0 Å². The summed E-state index contributed by atoms with van der Waals surface area (Å²) in [7, 11) is 0. The zero-order chi connectivity index (χ0) is 15.3. The monoisotopic (exact) mass is 381 g/mol. The van der Waals surface area contributed by atoms with Crippen LogP contribution in [-0.2, 0) is 4.79 Å². The first kappa shape index (κ1) is 14.4. The number of nitrogens with one attached hydrogen (secondary N) is 2. The SMILES string of the molecule is CC1C(=O)NN=C2COc3cc(Cl)c([As]C4CNC4)cc3N21. The number of nitrogens with zero attached hydrogens (tertiary/aromatic N) is 2. The summed E-state index contributed by atoms with van der Waals surface area (Å²) in [6, 6.07) is 3.66.